The average Bonchev–Trinajstić information content (AvgIpc) is 3.89. The second-order valence-electron chi connectivity index (χ2n) is 15.0. The van der Waals surface area contributed by atoms with Crippen LogP contribution in [0, 0.1) is 0 Å². The number of carboxylic acid groups (broad SMARTS) is 2. The van der Waals surface area contributed by atoms with E-state index in [4.69, 9.17) is 74.4 Å². The van der Waals surface area contributed by atoms with Gasteiger partial charge in [0.15, 0.2) is 5.75 Å². The van der Waals surface area contributed by atoms with Crippen LogP contribution in [0.1, 0.15) is 39.2 Å². The van der Waals surface area contributed by atoms with Crippen molar-refractivity contribution in [2.24, 2.45) is 7.05 Å². The molecule has 0 amide bonds. The first-order chi connectivity index (χ1) is 27.7. The summed E-state index contributed by atoms with van der Waals surface area (Å²) < 4.78 is 7.78. The van der Waals surface area contributed by atoms with Crippen molar-refractivity contribution in [3.8, 4) is 51.3 Å². The monoisotopic (exact) mass is 894 g/mol. The van der Waals surface area contributed by atoms with Crippen LogP contribution in [0.4, 0.5) is 0 Å². The molecule has 0 atom stereocenters. The van der Waals surface area contributed by atoms with Crippen LogP contribution >= 0.6 is 34.8 Å². The summed E-state index contributed by atoms with van der Waals surface area (Å²) in [4.78, 5) is 58.4. The quantitative estimate of drug-likeness (QED) is 0.0925. The maximum atomic E-state index is 11.7. The summed E-state index contributed by atoms with van der Waals surface area (Å²) in [5.74, 6) is -1.11. The smallest absolute Gasteiger partial charge is 0.486 e. The summed E-state index contributed by atoms with van der Waals surface area (Å²) in [7, 11) is 1.83. The van der Waals surface area contributed by atoms with Crippen molar-refractivity contribution in [2.75, 3.05) is 0 Å². The van der Waals surface area contributed by atoms with Gasteiger partial charge >= 0.3 is 29.0 Å². The van der Waals surface area contributed by atoms with Crippen molar-refractivity contribution in [2.45, 2.75) is 45.1 Å². The molecule has 2 aliphatic heterocycles. The zero-order valence-electron chi connectivity index (χ0n) is 31.5. The van der Waals surface area contributed by atoms with Gasteiger partial charge < -0.3 is 44.9 Å². The van der Waals surface area contributed by atoms with Gasteiger partial charge in [-0.05, 0) is 27.8 Å². The number of aliphatic carboxylic acids is 2. The summed E-state index contributed by atoms with van der Waals surface area (Å²) in [5.41, 5.74) is 4.93. The van der Waals surface area contributed by atoms with Gasteiger partial charge in [-0.3, -0.25) is 14.2 Å². The van der Waals surface area contributed by atoms with Gasteiger partial charge in [0, 0.05) is 55.6 Å². The molecule has 8 bridgehead atoms. The summed E-state index contributed by atoms with van der Waals surface area (Å²) in [5, 5.41) is 20.7. The third-order valence-electron chi connectivity index (χ3n) is 10.1. The van der Waals surface area contributed by atoms with Crippen LogP contribution in [0.3, 0.4) is 0 Å². The van der Waals surface area contributed by atoms with Gasteiger partial charge in [0.2, 0.25) is 0 Å². The Hall–Kier alpha value is -5.63. The van der Waals surface area contributed by atoms with E-state index in [0.29, 0.717) is 39.9 Å². The number of carboxylic acids is 2. The van der Waals surface area contributed by atoms with Crippen LogP contribution in [0.15, 0.2) is 66.7 Å². The van der Waals surface area contributed by atoms with Crippen molar-refractivity contribution >= 4 is 90.9 Å². The number of benzene rings is 4. The Morgan fingerprint density at radius 3 is 1.75 bits per heavy atom. The van der Waals surface area contributed by atoms with E-state index in [1.165, 1.54) is 0 Å². The predicted molar refractivity (Wildman–Crippen MR) is 220 cm³/mol. The molecule has 0 saturated carbocycles. The molecule has 0 spiro atoms. The predicted octanol–water partition coefficient (Wildman–Crippen LogP) is 8.51. The molecule has 59 heavy (non-hydrogen) atoms. The maximum Gasteiger partial charge on any atom is 2.00 e. The number of nitrogens with zero attached hydrogens (tertiary/aromatic N) is 8. The standard InChI is InChI=1S/C42H31Cl3N8O5.Cu/c1-42(2,3)18-13-14-22-25(15-18)37-48-36(22)47-34-20-9-5-6-10-21(20)35(46-34)49-38-28-29(31(44)33(32(45)30(28)43)58-19(16-26(54)55)17-27(56)57)39(50-38)52-41-24-12-8-7-11-23(24)40(51-37)53(41)4;/h5-15,19H,16-17H2,1-4H3,(H3,46,47,48,49,50,51,52,54,55,56,57);/q;+2/p-1. The molecule has 2 aliphatic rings. The molecule has 9 rings (SSSR count). The summed E-state index contributed by atoms with van der Waals surface area (Å²) >= 11 is 21.0. The maximum absolute atomic E-state index is 11.7. The molecular weight excluding hydrogens is 866 g/mol. The largest absolute Gasteiger partial charge is 2.00 e. The molecule has 3 aromatic heterocycles. The fourth-order valence-corrected chi connectivity index (χ4v) is 8.17. The van der Waals surface area contributed by atoms with Gasteiger partial charge in [-0.25, -0.2) is 4.98 Å². The van der Waals surface area contributed by atoms with Crippen molar-refractivity contribution < 1.29 is 46.2 Å². The van der Waals surface area contributed by atoms with E-state index in [0.717, 1.165) is 27.5 Å². The van der Waals surface area contributed by atoms with E-state index in [2.05, 4.69) is 32.9 Å². The molecule has 2 N–H and O–H groups in total. The van der Waals surface area contributed by atoms with Gasteiger partial charge in [-0.2, -0.15) is 0 Å². The van der Waals surface area contributed by atoms with Crippen LogP contribution in [-0.4, -0.2) is 53.2 Å². The average molecular weight is 897 g/mol. The Bertz CT molecular complexity index is 3110. The molecule has 5 heterocycles. The minimum absolute atomic E-state index is 0. The first-order valence-corrected chi connectivity index (χ1v) is 19.2. The molecule has 299 valence electrons. The minimum atomic E-state index is -1.34. The van der Waals surface area contributed by atoms with E-state index in [9.17, 15) is 19.8 Å². The fourth-order valence-electron chi connectivity index (χ4n) is 7.30. The van der Waals surface area contributed by atoms with E-state index < -0.39 is 30.9 Å². The van der Waals surface area contributed by atoms with Gasteiger partial charge in [0.05, 0.1) is 41.6 Å². The van der Waals surface area contributed by atoms with Crippen LogP contribution in [-0.2, 0) is 39.1 Å². The minimum Gasteiger partial charge on any atom is -0.486 e. The Labute approximate surface area is 360 Å². The summed E-state index contributed by atoms with van der Waals surface area (Å²) in [6, 6.07) is 21.4. The van der Waals surface area contributed by atoms with Gasteiger partial charge in [-0.15, -0.1) is 0 Å². The first kappa shape index (κ1) is 40.2. The Morgan fingerprint density at radius 2 is 1.17 bits per heavy atom. The molecule has 0 fully saturated rings. The normalized spacial score (nSPS) is 12.1. The van der Waals surface area contributed by atoms with Crippen LogP contribution in [0.5, 0.6) is 5.75 Å². The molecule has 1 radical (unpaired) electrons. The number of aromatic nitrogens is 8. The van der Waals surface area contributed by atoms with Crippen LogP contribution in [0.25, 0.3) is 89.7 Å². The Morgan fingerprint density at radius 1 is 0.678 bits per heavy atom. The fraction of sp³-hybridized carbons (Fsp3) is 0.190. The molecular formula is C42H30Cl3CuN8O5+. The van der Waals surface area contributed by atoms with E-state index in [-0.39, 0.29) is 71.2 Å². The Kier molecular flexibility index (Phi) is 10.1. The zero-order chi connectivity index (χ0) is 40.8. The van der Waals surface area contributed by atoms with Gasteiger partial charge in [0.1, 0.15) is 22.8 Å². The van der Waals surface area contributed by atoms with Crippen molar-refractivity contribution in [1.29, 1.82) is 0 Å². The van der Waals surface area contributed by atoms with Crippen molar-refractivity contribution in [3.63, 3.8) is 0 Å². The second-order valence-corrected chi connectivity index (χ2v) is 16.1. The summed E-state index contributed by atoms with van der Waals surface area (Å²) in [6.45, 7) is 6.45. The van der Waals surface area contributed by atoms with Gasteiger partial charge in [0.25, 0.3) is 0 Å². The number of hydrogen-bond acceptors (Lipinski definition) is 8. The van der Waals surface area contributed by atoms with Crippen molar-refractivity contribution in [1.82, 2.24) is 34.9 Å². The molecule has 4 aromatic carbocycles. The third kappa shape index (κ3) is 6.84. The van der Waals surface area contributed by atoms with Crippen LogP contribution < -0.4 is 19.3 Å². The molecule has 17 heteroatoms. The summed E-state index contributed by atoms with van der Waals surface area (Å²) in [6.07, 6.45) is -2.64. The molecule has 7 aromatic rings. The molecule has 0 unspecified atom stereocenters. The van der Waals surface area contributed by atoms with E-state index in [1.54, 1.807) is 0 Å². The number of ether oxygens (including phenoxy) is 1. The number of carbonyl (C=O) groups is 2. The molecule has 13 nitrogen and oxygen atoms in total. The zero-order valence-corrected chi connectivity index (χ0v) is 34.7. The molecule has 0 aliphatic carbocycles. The number of hydrogen-bond donors (Lipinski definition) is 2. The number of halogens is 3. The number of rotatable bonds is 6. The van der Waals surface area contributed by atoms with E-state index in [1.807, 2.05) is 66.2 Å². The van der Waals surface area contributed by atoms with Crippen molar-refractivity contribution in [3.05, 3.63) is 87.4 Å². The third-order valence-corrected chi connectivity index (χ3v) is 11.3. The SMILES string of the molecule is C[n+]1c2nc3[n-]c(nc4nc(nc5[n-]c(nc1-c1ccccc1-2)c1c(Cl)c(OC(CC(=O)O)CC(=O)O)c(Cl)c(Cl)c51)-c1ccccc1-4)c1ccc(C(C)(C)C)cc31.[Cu+2]. The Balaban J connectivity index is 0.00000484. The second kappa shape index (κ2) is 14.9. The topological polar surface area (TPSA) is 180 Å². The first-order valence-electron chi connectivity index (χ1n) is 18.1. The molecule has 0 saturated heterocycles. The number of fused-ring (bicyclic) bond motifs is 20. The van der Waals surface area contributed by atoms with E-state index >= 15 is 0 Å². The van der Waals surface area contributed by atoms with Gasteiger partial charge in [-0.1, -0.05) is 116 Å². The van der Waals surface area contributed by atoms with Crippen LogP contribution in [0.2, 0.25) is 15.1 Å².